The Morgan fingerprint density at radius 2 is 2.00 bits per heavy atom. The minimum Gasteiger partial charge on any atom is -0.507 e. The number of carbonyl (C=O) groups is 2. The summed E-state index contributed by atoms with van der Waals surface area (Å²) >= 11 is 0. The number of phenolic OH excluding ortho intramolecular Hbond substituents is 1. The number of carbonyl (C=O) groups excluding carboxylic acids is 1. The zero-order chi connectivity index (χ0) is 14.9. The Bertz CT molecular complexity index is 536. The molecule has 1 amide bonds. The Hall–Kier alpha value is -2.24. The molecule has 1 aromatic rings. The minimum absolute atomic E-state index is 0.0925. The quantitative estimate of drug-likeness (QED) is 0.868. The normalized spacial score (nSPS) is 20.9. The smallest absolute Gasteiger partial charge is 0.306 e. The fourth-order valence-electron chi connectivity index (χ4n) is 2.28. The first-order valence-corrected chi connectivity index (χ1v) is 6.31. The van der Waals surface area contributed by atoms with Crippen molar-refractivity contribution >= 4 is 11.9 Å². The van der Waals surface area contributed by atoms with Crippen molar-refractivity contribution < 1.29 is 24.5 Å². The molecule has 2 N–H and O–H groups in total. The van der Waals surface area contributed by atoms with E-state index in [1.54, 1.807) is 13.1 Å². The van der Waals surface area contributed by atoms with E-state index in [1.165, 1.54) is 24.1 Å². The summed E-state index contributed by atoms with van der Waals surface area (Å²) in [4.78, 5) is 24.5. The third-order valence-electron chi connectivity index (χ3n) is 3.77. The van der Waals surface area contributed by atoms with E-state index in [4.69, 9.17) is 9.84 Å². The molecule has 6 heteroatoms. The van der Waals surface area contributed by atoms with Crippen molar-refractivity contribution in [1.29, 1.82) is 0 Å². The fraction of sp³-hybridized carbons (Fsp3) is 0.429. The van der Waals surface area contributed by atoms with Crippen molar-refractivity contribution in [2.24, 2.45) is 5.92 Å². The molecule has 0 saturated heterocycles. The molecule has 1 aliphatic carbocycles. The first kappa shape index (κ1) is 14.2. The van der Waals surface area contributed by atoms with Crippen molar-refractivity contribution in [3.8, 4) is 11.5 Å². The number of nitrogens with zero attached hydrogens (tertiary/aromatic N) is 1. The number of methoxy groups -OCH3 is 1. The van der Waals surface area contributed by atoms with Gasteiger partial charge in [-0.2, -0.15) is 0 Å². The molecule has 0 atom stereocenters. The lowest BCUT2D eigenvalue weighted by Gasteiger charge is -2.39. The second-order valence-corrected chi connectivity index (χ2v) is 4.96. The van der Waals surface area contributed by atoms with Gasteiger partial charge >= 0.3 is 5.97 Å². The Labute approximate surface area is 116 Å². The summed E-state index contributed by atoms with van der Waals surface area (Å²) in [5.41, 5.74) is 0.187. The molecule has 0 radical (unpaired) electrons. The largest absolute Gasteiger partial charge is 0.507 e. The maximum Gasteiger partial charge on any atom is 0.306 e. The number of aromatic hydroxyl groups is 1. The summed E-state index contributed by atoms with van der Waals surface area (Å²) in [6, 6.07) is 4.38. The molecule has 20 heavy (non-hydrogen) atoms. The third-order valence-corrected chi connectivity index (χ3v) is 3.77. The Morgan fingerprint density at radius 1 is 1.35 bits per heavy atom. The standard InChI is InChI=1S/C14H17NO5/c1-15(9-5-8(6-9)14(18)19)13(17)11-4-3-10(20-2)7-12(11)16/h3-4,7-9,16H,5-6H2,1-2H3,(H,18,19). The average Bonchev–Trinajstić information content (AvgIpc) is 2.35. The third kappa shape index (κ3) is 2.54. The van der Waals surface area contributed by atoms with Crippen LogP contribution in [0.4, 0.5) is 0 Å². The van der Waals surface area contributed by atoms with Crippen LogP contribution in [0.3, 0.4) is 0 Å². The van der Waals surface area contributed by atoms with E-state index in [1.807, 2.05) is 0 Å². The number of hydrogen-bond acceptors (Lipinski definition) is 4. The summed E-state index contributed by atoms with van der Waals surface area (Å²) in [6.07, 6.45) is 0.906. The van der Waals surface area contributed by atoms with Gasteiger partial charge in [0.15, 0.2) is 0 Å². The van der Waals surface area contributed by atoms with Gasteiger partial charge in [-0.05, 0) is 25.0 Å². The molecule has 0 aliphatic heterocycles. The highest BCUT2D eigenvalue weighted by Gasteiger charge is 2.38. The topological polar surface area (TPSA) is 87.1 Å². The molecule has 1 aromatic carbocycles. The number of benzene rings is 1. The fourth-order valence-corrected chi connectivity index (χ4v) is 2.28. The first-order chi connectivity index (χ1) is 9.43. The van der Waals surface area contributed by atoms with E-state index in [-0.39, 0.29) is 29.2 Å². The van der Waals surface area contributed by atoms with Gasteiger partial charge in [0, 0.05) is 19.2 Å². The Balaban J connectivity index is 2.06. The molecule has 0 unspecified atom stereocenters. The highest BCUT2D eigenvalue weighted by molar-refractivity contribution is 5.97. The summed E-state index contributed by atoms with van der Waals surface area (Å²) in [6.45, 7) is 0. The Kier molecular flexibility index (Phi) is 3.83. The van der Waals surface area contributed by atoms with E-state index >= 15 is 0 Å². The molecule has 6 nitrogen and oxygen atoms in total. The highest BCUT2D eigenvalue weighted by atomic mass is 16.5. The Morgan fingerprint density at radius 3 is 2.50 bits per heavy atom. The van der Waals surface area contributed by atoms with Crippen LogP contribution < -0.4 is 4.74 Å². The highest BCUT2D eigenvalue weighted by Crippen LogP contribution is 2.33. The van der Waals surface area contributed by atoms with Gasteiger partial charge < -0.3 is 19.8 Å². The van der Waals surface area contributed by atoms with Crippen LogP contribution in [0.1, 0.15) is 23.2 Å². The van der Waals surface area contributed by atoms with Crippen LogP contribution in [0.5, 0.6) is 11.5 Å². The number of phenols is 1. The number of ether oxygens (including phenoxy) is 1. The van der Waals surface area contributed by atoms with Crippen LogP contribution in [-0.2, 0) is 4.79 Å². The van der Waals surface area contributed by atoms with E-state index in [0.717, 1.165) is 0 Å². The number of hydrogen-bond donors (Lipinski definition) is 2. The van der Waals surface area contributed by atoms with Gasteiger partial charge in [-0.25, -0.2) is 0 Å². The number of carboxylic acids is 1. The van der Waals surface area contributed by atoms with Gasteiger partial charge in [-0.1, -0.05) is 0 Å². The SMILES string of the molecule is COc1ccc(C(=O)N(C)C2CC(C(=O)O)C2)c(O)c1. The maximum atomic E-state index is 12.3. The number of carboxylic acid groups (broad SMARTS) is 1. The molecule has 2 rings (SSSR count). The molecular formula is C14H17NO5. The van der Waals surface area contributed by atoms with Gasteiger partial charge in [-0.15, -0.1) is 0 Å². The van der Waals surface area contributed by atoms with Crippen LogP contribution in [0.25, 0.3) is 0 Å². The molecule has 1 saturated carbocycles. The maximum absolute atomic E-state index is 12.3. The zero-order valence-corrected chi connectivity index (χ0v) is 11.4. The zero-order valence-electron chi connectivity index (χ0n) is 11.4. The van der Waals surface area contributed by atoms with E-state index < -0.39 is 5.97 Å². The number of aliphatic carboxylic acids is 1. The minimum atomic E-state index is -0.825. The summed E-state index contributed by atoms with van der Waals surface area (Å²) in [7, 11) is 3.09. The van der Waals surface area contributed by atoms with E-state index in [9.17, 15) is 14.7 Å². The molecule has 108 valence electrons. The van der Waals surface area contributed by atoms with Crippen molar-refractivity contribution in [3.63, 3.8) is 0 Å². The van der Waals surface area contributed by atoms with Gasteiger partial charge in [0.2, 0.25) is 0 Å². The molecule has 0 spiro atoms. The first-order valence-electron chi connectivity index (χ1n) is 6.31. The molecule has 1 fully saturated rings. The summed E-state index contributed by atoms with van der Waals surface area (Å²) in [5, 5.41) is 18.7. The van der Waals surface area contributed by atoms with E-state index in [0.29, 0.717) is 18.6 Å². The number of rotatable bonds is 4. The molecule has 1 aliphatic rings. The van der Waals surface area contributed by atoms with Crippen LogP contribution in [-0.4, -0.2) is 47.2 Å². The summed E-state index contributed by atoms with van der Waals surface area (Å²) < 4.78 is 4.96. The lowest BCUT2D eigenvalue weighted by Crippen LogP contribution is -2.47. The average molecular weight is 279 g/mol. The lowest BCUT2D eigenvalue weighted by molar-refractivity contribution is -0.146. The second kappa shape index (κ2) is 5.40. The van der Waals surface area contributed by atoms with Crippen LogP contribution >= 0.6 is 0 Å². The van der Waals surface area contributed by atoms with Crippen molar-refractivity contribution in [2.45, 2.75) is 18.9 Å². The van der Waals surface area contributed by atoms with Crippen molar-refractivity contribution in [1.82, 2.24) is 4.90 Å². The summed E-state index contributed by atoms with van der Waals surface area (Å²) in [5.74, 6) is -1.19. The molecular weight excluding hydrogens is 262 g/mol. The predicted molar refractivity (Wildman–Crippen MR) is 70.9 cm³/mol. The van der Waals surface area contributed by atoms with Crippen molar-refractivity contribution in [3.05, 3.63) is 23.8 Å². The van der Waals surface area contributed by atoms with Crippen LogP contribution in [0.2, 0.25) is 0 Å². The van der Waals surface area contributed by atoms with E-state index in [2.05, 4.69) is 0 Å². The van der Waals surface area contributed by atoms with Crippen molar-refractivity contribution in [2.75, 3.05) is 14.2 Å². The second-order valence-electron chi connectivity index (χ2n) is 4.96. The van der Waals surface area contributed by atoms with Gasteiger partial charge in [0.05, 0.1) is 18.6 Å². The van der Waals surface area contributed by atoms with Crippen LogP contribution in [0, 0.1) is 5.92 Å². The molecule has 0 aromatic heterocycles. The van der Waals surface area contributed by atoms with Gasteiger partial charge in [0.1, 0.15) is 11.5 Å². The van der Waals surface area contributed by atoms with Gasteiger partial charge in [-0.3, -0.25) is 9.59 Å². The monoisotopic (exact) mass is 279 g/mol. The predicted octanol–water partition coefficient (Wildman–Crippen LogP) is 1.34. The van der Waals surface area contributed by atoms with Gasteiger partial charge in [0.25, 0.3) is 5.91 Å². The van der Waals surface area contributed by atoms with Crippen LogP contribution in [0.15, 0.2) is 18.2 Å². The lowest BCUT2D eigenvalue weighted by atomic mass is 9.79. The molecule has 0 heterocycles. The number of amides is 1. The molecule has 0 bridgehead atoms.